The van der Waals surface area contributed by atoms with Crippen LogP contribution in [0.25, 0.3) is 33.4 Å². The third-order valence-electron chi connectivity index (χ3n) is 9.69. The predicted molar refractivity (Wildman–Crippen MR) is 259 cm³/mol. The van der Waals surface area contributed by atoms with Crippen LogP contribution in [0.2, 0.25) is 0 Å². The number of amides is 3. The highest BCUT2D eigenvalue weighted by atomic mass is 16.5. The van der Waals surface area contributed by atoms with E-state index in [1.54, 1.807) is 67.6 Å². The van der Waals surface area contributed by atoms with Crippen LogP contribution in [0.4, 0.5) is 17.1 Å². The number of anilines is 3. The Morgan fingerprint density at radius 3 is 1.34 bits per heavy atom. The fourth-order valence-electron chi connectivity index (χ4n) is 6.71. The Morgan fingerprint density at radius 1 is 0.569 bits per heavy atom. The first-order chi connectivity index (χ1) is 30.7. The minimum absolute atomic E-state index is 0.0312. The average Bonchev–Trinajstić information content (AvgIpc) is 3.95. The summed E-state index contributed by atoms with van der Waals surface area (Å²) in [5, 5.41) is 5.43. The van der Waals surface area contributed by atoms with E-state index in [0.717, 1.165) is 44.9 Å². The summed E-state index contributed by atoms with van der Waals surface area (Å²) < 4.78 is 27.0. The zero-order valence-corrected chi connectivity index (χ0v) is 39.6. The normalized spacial score (nSPS) is 10.7. The Hall–Kier alpha value is -7.33. The van der Waals surface area contributed by atoms with E-state index in [1.807, 2.05) is 127 Å². The molecule has 0 saturated heterocycles. The molecule has 0 unspecified atom stereocenters. The van der Waals surface area contributed by atoms with Crippen LogP contribution >= 0.6 is 0 Å². The Morgan fingerprint density at radius 2 is 0.954 bits per heavy atom. The molecule has 6 rings (SSSR count). The number of nitrogens with one attached hydrogen (secondary N) is 2. The van der Waals surface area contributed by atoms with Gasteiger partial charge in [0.25, 0.3) is 17.7 Å². The first-order valence-corrected chi connectivity index (χ1v) is 21.0. The topological polar surface area (TPSA) is 208 Å². The number of methoxy groups -OCH3 is 2. The van der Waals surface area contributed by atoms with E-state index < -0.39 is 0 Å². The predicted octanol–water partition coefficient (Wildman–Crippen LogP) is 6.84. The number of rotatable bonds is 14. The van der Waals surface area contributed by atoms with Crippen molar-refractivity contribution in [2.75, 3.05) is 65.7 Å². The van der Waals surface area contributed by atoms with Crippen LogP contribution in [0.3, 0.4) is 0 Å². The molecule has 3 heterocycles. The monoisotopic (exact) mass is 892 g/mol. The molecule has 0 saturated carbocycles. The molecule has 16 nitrogen and oxygen atoms in total. The van der Waals surface area contributed by atoms with Gasteiger partial charge in [-0.1, -0.05) is 0 Å². The minimum Gasteiger partial charge on any atom is -0.497 e. The number of aryl methyl sites for hydroxylation is 3. The molecule has 0 aliphatic rings. The van der Waals surface area contributed by atoms with Crippen LogP contribution in [-0.2, 0) is 25.9 Å². The Labute approximate surface area is 382 Å². The largest absolute Gasteiger partial charge is 0.497 e. The van der Waals surface area contributed by atoms with Gasteiger partial charge in [0.2, 0.25) is 0 Å². The number of hydrogen-bond donors (Lipinski definition) is 5. The summed E-state index contributed by atoms with van der Waals surface area (Å²) in [4.78, 5) is 37.6. The van der Waals surface area contributed by atoms with Crippen molar-refractivity contribution >= 4 is 34.8 Å². The Kier molecular flexibility index (Phi) is 17.7. The van der Waals surface area contributed by atoms with Crippen LogP contribution in [0.1, 0.15) is 59.2 Å². The molecule has 65 heavy (non-hydrogen) atoms. The zero-order chi connectivity index (χ0) is 48.1. The van der Waals surface area contributed by atoms with Gasteiger partial charge in [-0.25, -0.2) is 0 Å². The number of hydrogen-bond acceptors (Lipinski definition) is 10. The molecule has 0 spiro atoms. The maximum Gasteiger partial charge on any atom is 0.269 e. The van der Waals surface area contributed by atoms with Crippen LogP contribution in [0.15, 0.2) is 91.4 Å². The molecule has 8 N–H and O–H groups in total. The molecule has 3 amide bonds. The lowest BCUT2D eigenvalue weighted by Gasteiger charge is -2.11. The molecule has 3 aromatic heterocycles. The maximum absolute atomic E-state index is 12.1. The van der Waals surface area contributed by atoms with Gasteiger partial charge in [-0.05, 0) is 99.0 Å². The van der Waals surface area contributed by atoms with E-state index in [9.17, 15) is 14.4 Å². The Bertz CT molecular complexity index is 2570. The lowest BCUT2D eigenvalue weighted by Crippen LogP contribution is -2.28. The van der Waals surface area contributed by atoms with Gasteiger partial charge in [0.05, 0.1) is 25.9 Å². The van der Waals surface area contributed by atoms with E-state index in [2.05, 4.69) is 10.6 Å². The molecule has 0 bridgehead atoms. The van der Waals surface area contributed by atoms with Gasteiger partial charge in [0.1, 0.15) is 34.3 Å². The van der Waals surface area contributed by atoms with Crippen molar-refractivity contribution < 1.29 is 33.3 Å². The number of nitrogens with zero attached hydrogens (tertiary/aromatic N) is 4. The summed E-state index contributed by atoms with van der Waals surface area (Å²) in [6.45, 7) is 8.83. The van der Waals surface area contributed by atoms with E-state index >= 15 is 0 Å². The first-order valence-electron chi connectivity index (χ1n) is 21.0. The maximum atomic E-state index is 12.1. The van der Waals surface area contributed by atoms with Crippen LogP contribution in [0, 0.1) is 0 Å². The van der Waals surface area contributed by atoms with E-state index in [1.165, 1.54) is 0 Å². The van der Waals surface area contributed by atoms with Crippen molar-refractivity contribution in [3.05, 3.63) is 108 Å². The highest BCUT2D eigenvalue weighted by molar-refractivity contribution is 5.95. The van der Waals surface area contributed by atoms with Crippen LogP contribution in [0.5, 0.6) is 17.2 Å². The summed E-state index contributed by atoms with van der Waals surface area (Å²) in [5.74, 6) is 1.86. The molecular weight excluding hydrogens is 827 g/mol. The average molecular weight is 892 g/mol. The lowest BCUT2D eigenvalue weighted by molar-refractivity contribution is 0.0817. The molecule has 0 aliphatic carbocycles. The number of aromatic nitrogens is 3. The van der Waals surface area contributed by atoms with Gasteiger partial charge in [0.15, 0.2) is 0 Å². The highest BCUT2D eigenvalue weighted by Gasteiger charge is 2.17. The fraction of sp³-hybridized carbons (Fsp3) is 0.327. The van der Waals surface area contributed by atoms with E-state index in [-0.39, 0.29) is 29.9 Å². The second kappa shape index (κ2) is 22.9. The summed E-state index contributed by atoms with van der Waals surface area (Å²) >= 11 is 0. The van der Waals surface area contributed by atoms with E-state index in [4.69, 9.17) is 36.1 Å². The Balaban J connectivity index is 0.000000213. The van der Waals surface area contributed by atoms with Gasteiger partial charge < -0.3 is 65.4 Å². The van der Waals surface area contributed by atoms with E-state index in [0.29, 0.717) is 53.0 Å². The number of benzene rings is 3. The number of nitrogens with two attached hydrogens (primary N) is 3. The molecule has 348 valence electrons. The SMILES string of the molecule is CC(C)Oc1cc(N)cc(-c2cc(C(=O)N(C)C)n(C)c2)c1.CNC(=O)c1cc(-c2cc(N)cc(OC(C)C)c2)cn1C.COCCNC(=O)c1cc(-c2cc(N)cc(OC)c2)cn1C. The smallest absolute Gasteiger partial charge is 0.269 e. The van der Waals surface area contributed by atoms with Crippen LogP contribution in [-0.4, -0.2) is 97.0 Å². The van der Waals surface area contributed by atoms with Crippen molar-refractivity contribution in [1.82, 2.24) is 29.2 Å². The summed E-state index contributed by atoms with van der Waals surface area (Å²) in [7, 11) is 13.8. The summed E-state index contributed by atoms with van der Waals surface area (Å²) in [6, 6.07) is 22.3. The van der Waals surface area contributed by atoms with Gasteiger partial charge >= 0.3 is 0 Å². The standard InChI is InChI=1S/C17H23N3O2.C16H21N3O3.C16H21N3O2/c1-11(2)22-15-7-12(6-14(18)9-15)13-8-16(20(5)10-13)17(21)19(3)4;1-19-10-12(8-15(19)16(20)18-4-5-21-2)11-6-13(17)9-14(7-11)22-3;1-10(2)21-14-6-11(5-13(17)8-14)12-7-15(16(20)18-3)19(4)9-12/h6-11H,18H2,1-5H3;6-10H,4-5,17H2,1-3H3,(H,18,20);5-10H,17H2,1-4H3,(H,18,20). The second-order valence-electron chi connectivity index (χ2n) is 16.1. The van der Waals surface area contributed by atoms with Crippen molar-refractivity contribution in [2.45, 2.75) is 39.9 Å². The molecule has 0 aliphatic heterocycles. The fourth-order valence-corrected chi connectivity index (χ4v) is 6.71. The zero-order valence-electron chi connectivity index (χ0n) is 39.6. The van der Waals surface area contributed by atoms with Crippen molar-refractivity contribution in [1.29, 1.82) is 0 Å². The first kappa shape index (κ1) is 50.3. The van der Waals surface area contributed by atoms with Gasteiger partial charge in [-0.3, -0.25) is 14.4 Å². The second-order valence-corrected chi connectivity index (χ2v) is 16.1. The number of ether oxygens (including phenoxy) is 4. The van der Waals surface area contributed by atoms with Crippen LogP contribution < -0.4 is 42.0 Å². The molecule has 0 fully saturated rings. The third kappa shape index (κ3) is 14.1. The van der Waals surface area contributed by atoms with Crippen molar-refractivity contribution in [3.8, 4) is 50.6 Å². The quantitative estimate of drug-likeness (QED) is 0.0568. The number of carbonyl (C=O) groups excluding carboxylic acids is 3. The number of nitrogen functional groups attached to an aromatic ring is 3. The highest BCUT2D eigenvalue weighted by Crippen LogP contribution is 2.32. The molecular formula is C49H65N9O7. The molecule has 0 radical (unpaired) electrons. The third-order valence-corrected chi connectivity index (χ3v) is 9.69. The van der Waals surface area contributed by atoms with Gasteiger partial charge in [-0.15, -0.1) is 0 Å². The summed E-state index contributed by atoms with van der Waals surface area (Å²) in [6.07, 6.45) is 5.87. The minimum atomic E-state index is -0.137. The van der Waals surface area contributed by atoms with Crippen molar-refractivity contribution in [2.24, 2.45) is 21.1 Å². The lowest BCUT2D eigenvalue weighted by atomic mass is 10.1. The molecule has 6 aromatic rings. The summed E-state index contributed by atoms with van der Waals surface area (Å²) in [5.41, 5.74) is 27.0. The number of carbonyl (C=O) groups is 3. The van der Waals surface area contributed by atoms with Gasteiger partial charge in [0, 0.05) is 126 Å². The molecule has 0 atom stereocenters. The molecule has 16 heteroatoms. The van der Waals surface area contributed by atoms with Gasteiger partial charge in [-0.2, -0.15) is 0 Å². The molecule has 3 aromatic carbocycles. The van der Waals surface area contributed by atoms with Crippen molar-refractivity contribution in [3.63, 3.8) is 0 Å².